The predicted molar refractivity (Wildman–Crippen MR) is 222 cm³/mol. The summed E-state index contributed by atoms with van der Waals surface area (Å²) in [5.74, 6) is 1.94. The molecule has 0 aliphatic carbocycles. The number of nitrogens with zero attached hydrogens (tertiary/aromatic N) is 5. The first kappa shape index (κ1) is 30.3. The third-order valence-corrected chi connectivity index (χ3v) is 10.6. The van der Waals surface area contributed by atoms with Gasteiger partial charge in [0.15, 0.2) is 17.5 Å². The molecule has 0 spiro atoms. The third kappa shape index (κ3) is 4.76. The zero-order chi connectivity index (χ0) is 35.6. The van der Waals surface area contributed by atoms with E-state index in [0.29, 0.717) is 17.5 Å². The van der Waals surface area contributed by atoms with E-state index < -0.39 is 0 Å². The lowest BCUT2D eigenvalue weighted by Crippen LogP contribution is -2.00. The van der Waals surface area contributed by atoms with Crippen molar-refractivity contribution in [1.82, 2.24) is 24.1 Å². The number of hydrogen-bond donors (Lipinski definition) is 0. The van der Waals surface area contributed by atoms with Gasteiger partial charge in [-0.3, -0.25) is 0 Å². The molecule has 8 aromatic carbocycles. The number of rotatable bonds is 5. The SMILES string of the molecule is c1ccc(-c2nc(-c3ccccc3)nc(-c3ccc(-n4c5ccc(-n6c7ccccc7c7ccccc76)cc5c5c6ccccc6ccc54)cc3)n2)cc1. The molecule has 3 heterocycles. The Kier molecular flexibility index (Phi) is 6.79. The lowest BCUT2D eigenvalue weighted by molar-refractivity contribution is 1.07. The molecule has 0 atom stereocenters. The van der Waals surface area contributed by atoms with Crippen molar-refractivity contribution in [2.24, 2.45) is 0 Å². The largest absolute Gasteiger partial charge is 0.309 e. The van der Waals surface area contributed by atoms with Gasteiger partial charge in [-0.2, -0.15) is 0 Å². The topological polar surface area (TPSA) is 48.5 Å². The van der Waals surface area contributed by atoms with Crippen LogP contribution in [0.25, 0.3) is 99.9 Å². The first-order valence-electron chi connectivity index (χ1n) is 18.2. The molecule has 0 saturated carbocycles. The highest BCUT2D eigenvalue weighted by Crippen LogP contribution is 2.40. The molecular weight excluding hydrogens is 659 g/mol. The van der Waals surface area contributed by atoms with E-state index in [1.165, 1.54) is 43.4 Å². The van der Waals surface area contributed by atoms with Crippen molar-refractivity contribution in [3.05, 3.63) is 188 Å². The maximum Gasteiger partial charge on any atom is 0.164 e. The fraction of sp³-hybridized carbons (Fsp3) is 0. The van der Waals surface area contributed by atoms with E-state index in [1.807, 2.05) is 60.7 Å². The van der Waals surface area contributed by atoms with Gasteiger partial charge in [0.05, 0.1) is 22.1 Å². The molecule has 5 heteroatoms. The standard InChI is InChI=1S/C49H31N5/c1-3-14-33(15-4-1)47-50-48(34-16-5-2-6-17-34)52-49(51-47)35-23-26-36(27-24-35)53-44-30-28-37(31-41(44)46-38-18-8-7-13-32(38)25-29-45(46)53)54-42-21-11-9-19-39(42)40-20-10-12-22-43(40)54/h1-31H. The van der Waals surface area contributed by atoms with Crippen molar-refractivity contribution in [3.63, 3.8) is 0 Å². The fourth-order valence-electron chi connectivity index (χ4n) is 8.09. The molecule has 0 fully saturated rings. The van der Waals surface area contributed by atoms with Crippen molar-refractivity contribution in [2.45, 2.75) is 0 Å². The Bertz CT molecular complexity index is 3080. The molecule has 5 nitrogen and oxygen atoms in total. The van der Waals surface area contributed by atoms with Crippen LogP contribution in [0.4, 0.5) is 0 Å². The summed E-state index contributed by atoms with van der Waals surface area (Å²) in [6.45, 7) is 0. The second-order valence-electron chi connectivity index (χ2n) is 13.7. The predicted octanol–water partition coefficient (Wildman–Crippen LogP) is 12.2. The second-order valence-corrected chi connectivity index (χ2v) is 13.7. The van der Waals surface area contributed by atoms with E-state index >= 15 is 0 Å². The monoisotopic (exact) mass is 689 g/mol. The van der Waals surface area contributed by atoms with E-state index in [9.17, 15) is 0 Å². The maximum absolute atomic E-state index is 4.97. The van der Waals surface area contributed by atoms with Gasteiger partial charge in [-0.15, -0.1) is 0 Å². The average Bonchev–Trinajstić information content (AvgIpc) is 3.77. The van der Waals surface area contributed by atoms with Crippen LogP contribution >= 0.6 is 0 Å². The van der Waals surface area contributed by atoms with E-state index in [-0.39, 0.29) is 0 Å². The van der Waals surface area contributed by atoms with Gasteiger partial charge >= 0.3 is 0 Å². The van der Waals surface area contributed by atoms with Gasteiger partial charge in [0, 0.05) is 49.6 Å². The van der Waals surface area contributed by atoms with E-state index in [0.717, 1.165) is 39.1 Å². The highest BCUT2D eigenvalue weighted by Gasteiger charge is 2.19. The summed E-state index contributed by atoms with van der Waals surface area (Å²) in [7, 11) is 0. The summed E-state index contributed by atoms with van der Waals surface area (Å²) in [4.78, 5) is 14.8. The minimum Gasteiger partial charge on any atom is -0.309 e. The Balaban J connectivity index is 1.10. The first-order valence-corrected chi connectivity index (χ1v) is 18.2. The summed E-state index contributed by atoms with van der Waals surface area (Å²) in [6, 6.07) is 66.3. The molecular formula is C49H31N5. The van der Waals surface area contributed by atoms with Crippen LogP contribution < -0.4 is 0 Å². The molecule has 0 aliphatic heterocycles. The quantitative estimate of drug-likeness (QED) is 0.181. The average molecular weight is 690 g/mol. The number of fused-ring (bicyclic) bond motifs is 8. The first-order chi connectivity index (χ1) is 26.8. The lowest BCUT2D eigenvalue weighted by atomic mass is 10.0. The molecule has 0 unspecified atom stereocenters. The molecule has 3 aromatic heterocycles. The highest BCUT2D eigenvalue weighted by atomic mass is 15.0. The Hall–Kier alpha value is -7.37. The fourth-order valence-corrected chi connectivity index (χ4v) is 8.09. The smallest absolute Gasteiger partial charge is 0.164 e. The van der Waals surface area contributed by atoms with Gasteiger partial charge in [0.25, 0.3) is 0 Å². The van der Waals surface area contributed by atoms with Crippen molar-refractivity contribution in [1.29, 1.82) is 0 Å². The second kappa shape index (κ2) is 12.1. The third-order valence-electron chi connectivity index (χ3n) is 10.6. The van der Waals surface area contributed by atoms with Crippen molar-refractivity contribution < 1.29 is 0 Å². The zero-order valence-corrected chi connectivity index (χ0v) is 29.1. The van der Waals surface area contributed by atoms with Gasteiger partial charge < -0.3 is 9.13 Å². The molecule has 0 aliphatic rings. The summed E-state index contributed by atoms with van der Waals surface area (Å²) in [5.41, 5.74) is 9.75. The molecule has 252 valence electrons. The van der Waals surface area contributed by atoms with Gasteiger partial charge in [-0.1, -0.05) is 127 Å². The summed E-state index contributed by atoms with van der Waals surface area (Å²) in [5, 5.41) is 7.42. The Morgan fingerprint density at radius 1 is 0.296 bits per heavy atom. The number of para-hydroxylation sites is 2. The molecule has 11 rings (SSSR count). The van der Waals surface area contributed by atoms with Crippen LogP contribution in [0.15, 0.2) is 188 Å². The van der Waals surface area contributed by atoms with Crippen LogP contribution in [-0.4, -0.2) is 24.1 Å². The number of aromatic nitrogens is 5. The van der Waals surface area contributed by atoms with Crippen molar-refractivity contribution >= 4 is 54.4 Å². The molecule has 0 amide bonds. The Morgan fingerprint density at radius 3 is 1.35 bits per heavy atom. The van der Waals surface area contributed by atoms with E-state index in [2.05, 4.69) is 137 Å². The Morgan fingerprint density at radius 2 is 0.741 bits per heavy atom. The van der Waals surface area contributed by atoms with Gasteiger partial charge in [-0.05, 0) is 71.4 Å². The minimum absolute atomic E-state index is 0.637. The molecule has 0 saturated heterocycles. The minimum atomic E-state index is 0.637. The molecule has 54 heavy (non-hydrogen) atoms. The normalized spacial score (nSPS) is 11.7. The van der Waals surface area contributed by atoms with E-state index in [4.69, 9.17) is 15.0 Å². The molecule has 11 aromatic rings. The van der Waals surface area contributed by atoms with E-state index in [1.54, 1.807) is 0 Å². The van der Waals surface area contributed by atoms with Crippen LogP contribution in [0.3, 0.4) is 0 Å². The molecule has 0 bridgehead atoms. The zero-order valence-electron chi connectivity index (χ0n) is 29.1. The van der Waals surface area contributed by atoms with Crippen LogP contribution in [0.1, 0.15) is 0 Å². The van der Waals surface area contributed by atoms with Gasteiger partial charge in [0.1, 0.15) is 0 Å². The molecule has 0 N–H and O–H groups in total. The number of hydrogen-bond acceptors (Lipinski definition) is 3. The van der Waals surface area contributed by atoms with Crippen LogP contribution in [0.2, 0.25) is 0 Å². The summed E-state index contributed by atoms with van der Waals surface area (Å²) < 4.78 is 4.78. The highest BCUT2D eigenvalue weighted by molar-refractivity contribution is 6.22. The molecule has 0 radical (unpaired) electrons. The lowest BCUT2D eigenvalue weighted by Gasteiger charge is -2.11. The van der Waals surface area contributed by atoms with Crippen LogP contribution in [-0.2, 0) is 0 Å². The maximum atomic E-state index is 4.97. The van der Waals surface area contributed by atoms with Gasteiger partial charge in [0.2, 0.25) is 0 Å². The van der Waals surface area contributed by atoms with Gasteiger partial charge in [-0.25, -0.2) is 15.0 Å². The Labute approximate surface area is 311 Å². The van der Waals surface area contributed by atoms with Crippen molar-refractivity contribution in [3.8, 4) is 45.5 Å². The summed E-state index contributed by atoms with van der Waals surface area (Å²) in [6.07, 6.45) is 0. The summed E-state index contributed by atoms with van der Waals surface area (Å²) >= 11 is 0. The number of benzene rings is 8. The van der Waals surface area contributed by atoms with Crippen molar-refractivity contribution in [2.75, 3.05) is 0 Å². The van der Waals surface area contributed by atoms with Crippen LogP contribution in [0, 0.1) is 0 Å². The van der Waals surface area contributed by atoms with Crippen LogP contribution in [0.5, 0.6) is 0 Å².